The van der Waals surface area contributed by atoms with Gasteiger partial charge in [-0.1, -0.05) is 0 Å². The van der Waals surface area contributed by atoms with Gasteiger partial charge in [-0.05, 0) is 23.8 Å². The van der Waals surface area contributed by atoms with E-state index in [0.717, 1.165) is 6.07 Å². The first-order valence-electron chi connectivity index (χ1n) is 3.28. The fourth-order valence-corrected chi connectivity index (χ4v) is 0.826. The predicted octanol–water partition coefficient (Wildman–Crippen LogP) is 2.07. The molecule has 0 aliphatic rings. The van der Waals surface area contributed by atoms with Gasteiger partial charge >= 0.3 is 0 Å². The van der Waals surface area contributed by atoms with Gasteiger partial charge in [0.1, 0.15) is 11.6 Å². The molecule has 0 fully saturated rings. The summed E-state index contributed by atoms with van der Waals surface area (Å²) < 4.78 is 12.6. The van der Waals surface area contributed by atoms with Crippen molar-refractivity contribution >= 4 is 6.08 Å². The molecule has 1 N–H and O–H groups in total. The van der Waals surface area contributed by atoms with Crippen molar-refractivity contribution in [2.75, 3.05) is 0 Å². The molecule has 0 saturated carbocycles. The molecule has 12 heavy (non-hydrogen) atoms. The Morgan fingerprint density at radius 3 is 2.75 bits per heavy atom. The number of aromatic hydroxyl groups is 1. The minimum Gasteiger partial charge on any atom is -0.508 e. The van der Waals surface area contributed by atoms with E-state index in [0.29, 0.717) is 5.56 Å². The highest BCUT2D eigenvalue weighted by Crippen LogP contribution is 2.15. The Kier molecular flexibility index (Phi) is 2.44. The fraction of sp³-hybridized carbons (Fsp3) is 0. The molecule has 0 unspecified atom stereocenters. The number of phenolic OH excluding ortho intramolecular Hbond substituents is 1. The highest BCUT2D eigenvalue weighted by molar-refractivity contribution is 5.53. The Labute approximate surface area is 69.2 Å². The molecule has 0 heterocycles. The maximum absolute atomic E-state index is 12.6. The molecule has 1 aromatic rings. The van der Waals surface area contributed by atoms with Crippen molar-refractivity contribution in [1.82, 2.24) is 0 Å². The third kappa shape index (κ3) is 2.10. The molecule has 2 nitrogen and oxygen atoms in total. The van der Waals surface area contributed by atoms with Gasteiger partial charge in [0.15, 0.2) is 0 Å². The third-order valence-corrected chi connectivity index (χ3v) is 1.26. The summed E-state index contributed by atoms with van der Waals surface area (Å²) in [5, 5.41) is 17.1. The number of rotatable bonds is 1. The summed E-state index contributed by atoms with van der Waals surface area (Å²) in [6.07, 6.45) is 2.64. The number of benzene rings is 1. The van der Waals surface area contributed by atoms with Crippen molar-refractivity contribution in [3.63, 3.8) is 0 Å². The molecule has 0 radical (unpaired) electrons. The molecule has 1 aromatic carbocycles. The number of hydrogen-bond donors (Lipinski definition) is 1. The van der Waals surface area contributed by atoms with Crippen molar-refractivity contribution in [2.45, 2.75) is 0 Å². The molecule has 0 aliphatic heterocycles. The van der Waals surface area contributed by atoms with Crippen LogP contribution in [-0.4, -0.2) is 5.11 Å². The first-order chi connectivity index (χ1) is 5.72. The molecule has 0 bridgehead atoms. The average Bonchev–Trinajstić information content (AvgIpc) is 1.99. The zero-order valence-corrected chi connectivity index (χ0v) is 6.16. The predicted molar refractivity (Wildman–Crippen MR) is 42.7 cm³/mol. The highest BCUT2D eigenvalue weighted by atomic mass is 19.1. The Morgan fingerprint density at radius 2 is 2.17 bits per heavy atom. The quantitative estimate of drug-likeness (QED) is 0.644. The molecular formula is C9H6FNO. The van der Waals surface area contributed by atoms with Crippen molar-refractivity contribution in [2.24, 2.45) is 0 Å². The van der Waals surface area contributed by atoms with Crippen molar-refractivity contribution in [1.29, 1.82) is 5.26 Å². The average molecular weight is 163 g/mol. The van der Waals surface area contributed by atoms with Crippen LogP contribution in [0.1, 0.15) is 5.56 Å². The monoisotopic (exact) mass is 163 g/mol. The Hall–Kier alpha value is -1.82. The van der Waals surface area contributed by atoms with Gasteiger partial charge in [0.05, 0.1) is 6.07 Å². The Bertz CT molecular complexity index is 332. The summed E-state index contributed by atoms with van der Waals surface area (Å²) in [6.45, 7) is 0. The van der Waals surface area contributed by atoms with E-state index in [2.05, 4.69) is 0 Å². The van der Waals surface area contributed by atoms with Gasteiger partial charge in [0.2, 0.25) is 0 Å². The van der Waals surface area contributed by atoms with Gasteiger partial charge in [-0.25, -0.2) is 4.39 Å². The number of halogens is 1. The van der Waals surface area contributed by atoms with E-state index in [1.807, 2.05) is 0 Å². The second kappa shape index (κ2) is 3.54. The Balaban J connectivity index is 3.03. The molecule has 0 saturated heterocycles. The van der Waals surface area contributed by atoms with Crippen LogP contribution in [0.3, 0.4) is 0 Å². The van der Waals surface area contributed by atoms with Crippen LogP contribution in [-0.2, 0) is 0 Å². The first kappa shape index (κ1) is 8.28. The maximum atomic E-state index is 12.6. The SMILES string of the molecule is N#C/C=C/c1cc(O)cc(F)c1. The zero-order chi connectivity index (χ0) is 8.97. The summed E-state index contributed by atoms with van der Waals surface area (Å²) in [5.74, 6) is -0.667. The standard InChI is InChI=1S/C9H6FNO/c10-8-4-7(2-1-3-11)5-9(12)6-8/h1-2,4-6,12H/b2-1+. The van der Waals surface area contributed by atoms with E-state index in [4.69, 9.17) is 10.4 Å². The van der Waals surface area contributed by atoms with Crippen molar-refractivity contribution in [3.8, 4) is 11.8 Å². The van der Waals surface area contributed by atoms with Crippen LogP contribution in [0, 0.1) is 17.1 Å². The minimum atomic E-state index is -0.521. The van der Waals surface area contributed by atoms with Gasteiger partial charge in [0, 0.05) is 12.1 Å². The van der Waals surface area contributed by atoms with Crippen molar-refractivity contribution in [3.05, 3.63) is 35.7 Å². The molecule has 0 aliphatic carbocycles. The molecule has 3 heteroatoms. The van der Waals surface area contributed by atoms with E-state index in [1.54, 1.807) is 6.07 Å². The van der Waals surface area contributed by atoms with Gasteiger partial charge in [0.25, 0.3) is 0 Å². The van der Waals surface area contributed by atoms with E-state index < -0.39 is 5.82 Å². The van der Waals surface area contributed by atoms with Crippen LogP contribution < -0.4 is 0 Å². The Morgan fingerprint density at radius 1 is 1.42 bits per heavy atom. The molecule has 0 atom stereocenters. The second-order valence-electron chi connectivity index (χ2n) is 2.21. The van der Waals surface area contributed by atoms with E-state index >= 15 is 0 Å². The summed E-state index contributed by atoms with van der Waals surface area (Å²) in [4.78, 5) is 0. The van der Waals surface area contributed by atoms with Gasteiger partial charge in [-0.2, -0.15) is 5.26 Å². The van der Waals surface area contributed by atoms with E-state index in [9.17, 15) is 4.39 Å². The highest BCUT2D eigenvalue weighted by Gasteiger charge is 1.95. The summed E-state index contributed by atoms with van der Waals surface area (Å²) in [5.41, 5.74) is 0.467. The number of hydrogen-bond acceptors (Lipinski definition) is 2. The minimum absolute atomic E-state index is 0.146. The molecular weight excluding hydrogens is 157 g/mol. The lowest BCUT2D eigenvalue weighted by molar-refractivity contribution is 0.469. The number of phenols is 1. The van der Waals surface area contributed by atoms with Crippen LogP contribution in [0.15, 0.2) is 24.3 Å². The molecule has 0 amide bonds. The number of nitrogens with zero attached hydrogens (tertiary/aromatic N) is 1. The van der Waals surface area contributed by atoms with E-state index in [1.165, 1.54) is 24.3 Å². The van der Waals surface area contributed by atoms with Crippen molar-refractivity contribution < 1.29 is 9.50 Å². The first-order valence-corrected chi connectivity index (χ1v) is 3.28. The maximum Gasteiger partial charge on any atom is 0.127 e. The lowest BCUT2D eigenvalue weighted by Gasteiger charge is -1.94. The zero-order valence-electron chi connectivity index (χ0n) is 6.16. The van der Waals surface area contributed by atoms with Crippen LogP contribution in [0.2, 0.25) is 0 Å². The largest absolute Gasteiger partial charge is 0.508 e. The number of nitriles is 1. The summed E-state index contributed by atoms with van der Waals surface area (Å²) in [7, 11) is 0. The van der Waals surface area contributed by atoms with Gasteiger partial charge < -0.3 is 5.11 Å². The normalized spacial score (nSPS) is 10.0. The smallest absolute Gasteiger partial charge is 0.127 e. The molecule has 0 aromatic heterocycles. The number of allylic oxidation sites excluding steroid dienone is 1. The molecule has 60 valence electrons. The van der Waals surface area contributed by atoms with Crippen LogP contribution in [0.5, 0.6) is 5.75 Å². The summed E-state index contributed by atoms with van der Waals surface area (Å²) in [6, 6.07) is 5.38. The van der Waals surface area contributed by atoms with Crippen LogP contribution in [0.25, 0.3) is 6.08 Å². The third-order valence-electron chi connectivity index (χ3n) is 1.26. The van der Waals surface area contributed by atoms with Crippen LogP contribution >= 0.6 is 0 Å². The van der Waals surface area contributed by atoms with Crippen LogP contribution in [0.4, 0.5) is 4.39 Å². The summed E-state index contributed by atoms with van der Waals surface area (Å²) >= 11 is 0. The van der Waals surface area contributed by atoms with E-state index in [-0.39, 0.29) is 5.75 Å². The molecule has 0 spiro atoms. The molecule has 1 rings (SSSR count). The second-order valence-corrected chi connectivity index (χ2v) is 2.21. The fourth-order valence-electron chi connectivity index (χ4n) is 0.826. The topological polar surface area (TPSA) is 44.0 Å². The lowest BCUT2D eigenvalue weighted by Crippen LogP contribution is -1.76. The van der Waals surface area contributed by atoms with Gasteiger partial charge in [-0.3, -0.25) is 0 Å². The van der Waals surface area contributed by atoms with Gasteiger partial charge in [-0.15, -0.1) is 0 Å². The lowest BCUT2D eigenvalue weighted by atomic mass is 10.2.